The van der Waals surface area contributed by atoms with Crippen LogP contribution in [0.1, 0.15) is 44.1 Å². The largest absolute Gasteiger partial charge is 0.371 e. The van der Waals surface area contributed by atoms with Crippen molar-refractivity contribution in [2.45, 2.75) is 38.5 Å². The normalized spacial score (nSPS) is 17.6. The van der Waals surface area contributed by atoms with Gasteiger partial charge in [-0.2, -0.15) is 0 Å². The molecule has 1 aliphatic rings. The minimum absolute atomic E-state index is 0.234. The van der Waals surface area contributed by atoms with Crippen LogP contribution >= 0.6 is 11.6 Å². The minimum Gasteiger partial charge on any atom is -0.371 e. The predicted molar refractivity (Wildman–Crippen MR) is 76.6 cm³/mol. The maximum Gasteiger partial charge on any atom is 0.120 e. The molecule has 0 spiro atoms. The van der Waals surface area contributed by atoms with Gasteiger partial charge in [-0.3, -0.25) is 0 Å². The van der Waals surface area contributed by atoms with Crippen molar-refractivity contribution >= 4 is 23.6 Å². The van der Waals surface area contributed by atoms with Crippen LogP contribution in [0, 0.1) is 0 Å². The molecular formula is C15H20ClNO. The first-order chi connectivity index (χ1) is 8.72. The van der Waals surface area contributed by atoms with E-state index in [9.17, 15) is 4.79 Å². The van der Waals surface area contributed by atoms with Gasteiger partial charge in [-0.1, -0.05) is 18.5 Å². The number of aldehydes is 1. The average molecular weight is 266 g/mol. The third-order valence-electron chi connectivity index (χ3n) is 3.67. The first-order valence-corrected chi connectivity index (χ1v) is 7.08. The molecule has 0 amide bonds. The summed E-state index contributed by atoms with van der Waals surface area (Å²) in [7, 11) is 0. The Morgan fingerprint density at radius 2 is 2.06 bits per heavy atom. The quantitative estimate of drug-likeness (QED) is 0.767. The topological polar surface area (TPSA) is 20.3 Å². The zero-order valence-electron chi connectivity index (χ0n) is 10.9. The molecule has 1 heterocycles. The van der Waals surface area contributed by atoms with Crippen LogP contribution in [0.25, 0.3) is 0 Å². The Balaban J connectivity index is 2.29. The summed E-state index contributed by atoms with van der Waals surface area (Å²) in [6.45, 7) is 4.32. The molecule has 1 fully saturated rings. The number of rotatable bonds is 4. The lowest BCUT2D eigenvalue weighted by molar-refractivity contribution is -0.108. The number of carbonyl (C=O) groups is 1. The molecule has 1 aromatic carbocycles. The lowest BCUT2D eigenvalue weighted by Crippen LogP contribution is -2.30. The van der Waals surface area contributed by atoms with E-state index in [1.54, 1.807) is 0 Å². The third kappa shape index (κ3) is 3.05. The fourth-order valence-corrected chi connectivity index (χ4v) is 2.79. The molecule has 0 radical (unpaired) electrons. The van der Waals surface area contributed by atoms with Crippen LogP contribution in [0.5, 0.6) is 0 Å². The fraction of sp³-hybridized carbons (Fsp3) is 0.533. The molecule has 1 aliphatic heterocycles. The number of hydrogen-bond donors (Lipinski definition) is 0. The van der Waals surface area contributed by atoms with Crippen molar-refractivity contribution in [3.63, 3.8) is 0 Å². The van der Waals surface area contributed by atoms with Gasteiger partial charge in [0, 0.05) is 30.2 Å². The Labute approximate surface area is 114 Å². The van der Waals surface area contributed by atoms with E-state index < -0.39 is 0 Å². The van der Waals surface area contributed by atoms with E-state index in [1.165, 1.54) is 30.5 Å². The highest BCUT2D eigenvalue weighted by molar-refractivity contribution is 6.30. The zero-order chi connectivity index (χ0) is 13.0. The monoisotopic (exact) mass is 265 g/mol. The second-order valence-corrected chi connectivity index (χ2v) is 5.49. The standard InChI is InChI=1S/C15H20ClNO/c1-12(7-10-18)14-11-13(16)5-6-15(14)17-8-3-2-4-9-17/h5-6,10-12H,2-4,7-9H2,1H3. The maximum atomic E-state index is 10.7. The van der Waals surface area contributed by atoms with E-state index in [2.05, 4.69) is 17.9 Å². The molecule has 1 aromatic rings. The number of hydrogen-bond acceptors (Lipinski definition) is 2. The van der Waals surface area contributed by atoms with E-state index in [0.717, 1.165) is 24.4 Å². The van der Waals surface area contributed by atoms with Crippen LogP contribution in [0.3, 0.4) is 0 Å². The molecule has 0 aliphatic carbocycles. The Morgan fingerprint density at radius 1 is 1.33 bits per heavy atom. The van der Waals surface area contributed by atoms with Gasteiger partial charge in [0.25, 0.3) is 0 Å². The summed E-state index contributed by atoms with van der Waals surface area (Å²) < 4.78 is 0. The Morgan fingerprint density at radius 3 is 2.72 bits per heavy atom. The lowest BCUT2D eigenvalue weighted by atomic mass is 9.95. The van der Waals surface area contributed by atoms with Gasteiger partial charge >= 0.3 is 0 Å². The smallest absolute Gasteiger partial charge is 0.120 e. The summed E-state index contributed by atoms with van der Waals surface area (Å²) in [6.07, 6.45) is 5.38. The van der Waals surface area contributed by atoms with E-state index in [0.29, 0.717) is 6.42 Å². The molecule has 2 rings (SSSR count). The van der Waals surface area contributed by atoms with Crippen molar-refractivity contribution in [3.05, 3.63) is 28.8 Å². The van der Waals surface area contributed by atoms with Crippen molar-refractivity contribution < 1.29 is 4.79 Å². The molecule has 1 saturated heterocycles. The van der Waals surface area contributed by atoms with E-state index in [1.807, 2.05) is 12.1 Å². The van der Waals surface area contributed by atoms with Gasteiger partial charge in [0.05, 0.1) is 0 Å². The first kappa shape index (κ1) is 13.4. The summed E-state index contributed by atoms with van der Waals surface area (Å²) in [5.41, 5.74) is 2.46. The van der Waals surface area contributed by atoms with Crippen molar-refractivity contribution in [1.82, 2.24) is 0 Å². The van der Waals surface area contributed by atoms with Crippen molar-refractivity contribution in [3.8, 4) is 0 Å². The molecule has 3 heteroatoms. The second-order valence-electron chi connectivity index (χ2n) is 5.05. The van der Waals surface area contributed by atoms with Crippen LogP contribution in [0.15, 0.2) is 18.2 Å². The summed E-state index contributed by atoms with van der Waals surface area (Å²) in [5.74, 6) is 0.234. The highest BCUT2D eigenvalue weighted by Crippen LogP contribution is 2.33. The molecule has 0 N–H and O–H groups in total. The molecule has 18 heavy (non-hydrogen) atoms. The molecule has 98 valence electrons. The number of carbonyl (C=O) groups excluding carboxylic acids is 1. The summed E-state index contributed by atoms with van der Waals surface area (Å²) in [4.78, 5) is 13.1. The Hall–Kier alpha value is -1.02. The molecular weight excluding hydrogens is 246 g/mol. The number of anilines is 1. The van der Waals surface area contributed by atoms with E-state index in [-0.39, 0.29) is 5.92 Å². The molecule has 2 nitrogen and oxygen atoms in total. The summed E-state index contributed by atoms with van der Waals surface area (Å²) in [5, 5.41) is 0.753. The second kappa shape index (κ2) is 6.24. The minimum atomic E-state index is 0.234. The number of piperidine rings is 1. The van der Waals surface area contributed by atoms with Crippen LogP contribution < -0.4 is 4.90 Å². The van der Waals surface area contributed by atoms with Gasteiger partial charge < -0.3 is 9.69 Å². The molecule has 0 aromatic heterocycles. The number of benzene rings is 1. The van der Waals surface area contributed by atoms with Gasteiger partial charge in [0.1, 0.15) is 6.29 Å². The third-order valence-corrected chi connectivity index (χ3v) is 3.90. The predicted octanol–water partition coefficient (Wildman–Crippen LogP) is 4.02. The molecule has 0 bridgehead atoms. The number of halogens is 1. The fourth-order valence-electron chi connectivity index (χ4n) is 2.61. The van der Waals surface area contributed by atoms with E-state index >= 15 is 0 Å². The van der Waals surface area contributed by atoms with Crippen LogP contribution in [0.2, 0.25) is 5.02 Å². The maximum absolute atomic E-state index is 10.7. The van der Waals surface area contributed by atoms with Gasteiger partial charge in [-0.05, 0) is 48.9 Å². The lowest BCUT2D eigenvalue weighted by Gasteiger charge is -2.32. The Kier molecular flexibility index (Phi) is 4.65. The van der Waals surface area contributed by atoms with Crippen LogP contribution in [-0.2, 0) is 4.79 Å². The van der Waals surface area contributed by atoms with Crippen molar-refractivity contribution in [2.24, 2.45) is 0 Å². The summed E-state index contributed by atoms with van der Waals surface area (Å²) >= 11 is 6.09. The molecule has 1 unspecified atom stereocenters. The van der Waals surface area contributed by atoms with Crippen molar-refractivity contribution in [1.29, 1.82) is 0 Å². The van der Waals surface area contributed by atoms with Crippen LogP contribution in [0.4, 0.5) is 5.69 Å². The van der Waals surface area contributed by atoms with Gasteiger partial charge in [0.15, 0.2) is 0 Å². The van der Waals surface area contributed by atoms with Crippen molar-refractivity contribution in [2.75, 3.05) is 18.0 Å². The SMILES string of the molecule is CC(CC=O)c1cc(Cl)ccc1N1CCCCC1. The van der Waals surface area contributed by atoms with Crippen LogP contribution in [-0.4, -0.2) is 19.4 Å². The highest BCUT2D eigenvalue weighted by Gasteiger charge is 2.17. The first-order valence-electron chi connectivity index (χ1n) is 6.70. The van der Waals surface area contributed by atoms with Gasteiger partial charge in [0.2, 0.25) is 0 Å². The van der Waals surface area contributed by atoms with Gasteiger partial charge in [-0.15, -0.1) is 0 Å². The van der Waals surface area contributed by atoms with E-state index in [4.69, 9.17) is 11.6 Å². The zero-order valence-corrected chi connectivity index (χ0v) is 11.6. The summed E-state index contributed by atoms with van der Waals surface area (Å²) in [6, 6.07) is 6.06. The van der Waals surface area contributed by atoms with Gasteiger partial charge in [-0.25, -0.2) is 0 Å². The Bertz CT molecular complexity index is 413. The average Bonchev–Trinajstić information content (AvgIpc) is 2.40. The highest BCUT2D eigenvalue weighted by atomic mass is 35.5. The molecule has 1 atom stereocenters. The molecule has 0 saturated carbocycles. The number of nitrogens with zero attached hydrogens (tertiary/aromatic N) is 1.